The average Bonchev–Trinajstić information content (AvgIpc) is 3.22. The molecule has 1 saturated carbocycles. The Labute approximate surface area is 213 Å². The highest BCUT2D eigenvalue weighted by molar-refractivity contribution is 5.79. The van der Waals surface area contributed by atoms with E-state index in [4.69, 9.17) is 9.72 Å². The maximum atomic E-state index is 13.3. The molecule has 2 aliphatic rings. The highest BCUT2D eigenvalue weighted by Gasteiger charge is 2.27. The molecule has 1 aromatic carbocycles. The van der Waals surface area contributed by atoms with Crippen LogP contribution in [0.25, 0.3) is 11.0 Å². The summed E-state index contributed by atoms with van der Waals surface area (Å²) in [5, 5.41) is 4.69. The van der Waals surface area contributed by atoms with E-state index in [0.717, 1.165) is 38.5 Å². The van der Waals surface area contributed by atoms with Crippen LogP contribution in [0.2, 0.25) is 0 Å². The van der Waals surface area contributed by atoms with Crippen LogP contribution in [-0.2, 0) is 23.7 Å². The predicted molar refractivity (Wildman–Crippen MR) is 145 cm³/mol. The summed E-state index contributed by atoms with van der Waals surface area (Å²) >= 11 is 0. The van der Waals surface area contributed by atoms with Gasteiger partial charge in [0, 0.05) is 44.3 Å². The molecule has 2 aromatic heterocycles. The zero-order valence-electron chi connectivity index (χ0n) is 22.2. The Bertz CT molecular complexity index is 1250. The highest BCUT2D eigenvalue weighted by atomic mass is 16.5. The first-order valence-corrected chi connectivity index (χ1v) is 13.4. The molecule has 0 spiro atoms. The van der Waals surface area contributed by atoms with Gasteiger partial charge in [-0.3, -0.25) is 14.5 Å². The van der Waals surface area contributed by atoms with Gasteiger partial charge in [-0.15, -0.1) is 0 Å². The first-order chi connectivity index (χ1) is 17.3. The molecule has 3 heterocycles. The third-order valence-electron chi connectivity index (χ3n) is 7.55. The fourth-order valence-corrected chi connectivity index (χ4v) is 5.62. The van der Waals surface area contributed by atoms with Crippen molar-refractivity contribution in [2.45, 2.75) is 64.8 Å². The van der Waals surface area contributed by atoms with Gasteiger partial charge in [-0.1, -0.05) is 52.2 Å². The van der Waals surface area contributed by atoms with Crippen LogP contribution in [0.1, 0.15) is 64.1 Å². The molecule has 0 unspecified atom stereocenters. The number of aromatic nitrogens is 4. The van der Waals surface area contributed by atoms with E-state index in [9.17, 15) is 4.79 Å². The molecule has 2 fully saturated rings. The molecule has 8 nitrogen and oxygen atoms in total. The Morgan fingerprint density at radius 3 is 2.61 bits per heavy atom. The zero-order chi connectivity index (χ0) is 25.3. The minimum absolute atomic E-state index is 0.129. The van der Waals surface area contributed by atoms with Gasteiger partial charge in [-0.25, -0.2) is 4.98 Å². The fourth-order valence-electron chi connectivity index (χ4n) is 5.62. The van der Waals surface area contributed by atoms with Crippen LogP contribution in [0.15, 0.2) is 29.1 Å². The van der Waals surface area contributed by atoms with Crippen LogP contribution in [-0.4, -0.2) is 52.6 Å². The summed E-state index contributed by atoms with van der Waals surface area (Å²) in [6, 6.07) is 8.77. The summed E-state index contributed by atoms with van der Waals surface area (Å²) < 4.78 is 7.21. The fraction of sp³-hybridized carbons (Fsp3) is 0.607. The summed E-state index contributed by atoms with van der Waals surface area (Å²) in [5.41, 5.74) is 4.22. The largest absolute Gasteiger partial charge is 0.378 e. The van der Waals surface area contributed by atoms with E-state index in [1.54, 1.807) is 4.68 Å². The smallest absolute Gasteiger partial charge is 0.278 e. The SMILES string of the molecule is Cn1nc(C(C)(C)C)c2nc(N(Cc3cccc(N4CCOCC4)c3)CC3CCCCC3)[nH]c(=O)c21. The number of anilines is 2. The van der Waals surface area contributed by atoms with Crippen molar-refractivity contribution in [3.63, 3.8) is 0 Å². The molecule has 0 atom stereocenters. The summed E-state index contributed by atoms with van der Waals surface area (Å²) in [6.45, 7) is 11.3. The third kappa shape index (κ3) is 5.28. The number of ether oxygens (including phenoxy) is 1. The molecular formula is C28H40N6O2. The minimum Gasteiger partial charge on any atom is -0.378 e. The van der Waals surface area contributed by atoms with Crippen LogP contribution < -0.4 is 15.4 Å². The van der Waals surface area contributed by atoms with Crippen LogP contribution >= 0.6 is 0 Å². The third-order valence-corrected chi connectivity index (χ3v) is 7.55. The van der Waals surface area contributed by atoms with Crippen molar-refractivity contribution < 1.29 is 4.74 Å². The lowest BCUT2D eigenvalue weighted by Crippen LogP contribution is -2.36. The minimum atomic E-state index is -0.210. The number of H-pyrrole nitrogens is 1. The van der Waals surface area contributed by atoms with Crippen molar-refractivity contribution >= 4 is 22.7 Å². The first-order valence-electron chi connectivity index (χ1n) is 13.4. The van der Waals surface area contributed by atoms with Gasteiger partial charge in [0.25, 0.3) is 5.56 Å². The summed E-state index contributed by atoms with van der Waals surface area (Å²) in [6.07, 6.45) is 6.35. The van der Waals surface area contributed by atoms with Crippen LogP contribution in [0.4, 0.5) is 11.6 Å². The normalized spacial score (nSPS) is 17.6. The standard InChI is InChI=1S/C28H40N6O2/c1-28(2,3)25-23-24(32(4)31-25)26(35)30-27(29-23)34(18-20-9-6-5-7-10-20)19-21-11-8-12-22(17-21)33-13-15-36-16-14-33/h8,11-12,17,20H,5-7,9-10,13-16,18-19H2,1-4H3,(H,29,30,35). The molecule has 1 N–H and O–H groups in total. The quantitative estimate of drug-likeness (QED) is 0.550. The predicted octanol–water partition coefficient (Wildman–Crippen LogP) is 4.38. The molecule has 194 valence electrons. The number of nitrogens with one attached hydrogen (secondary N) is 1. The topological polar surface area (TPSA) is 79.3 Å². The van der Waals surface area contributed by atoms with E-state index in [1.807, 2.05) is 7.05 Å². The number of nitrogens with zero attached hydrogens (tertiary/aromatic N) is 5. The van der Waals surface area contributed by atoms with E-state index >= 15 is 0 Å². The molecule has 3 aromatic rings. The number of fused-ring (bicyclic) bond motifs is 1. The summed E-state index contributed by atoms with van der Waals surface area (Å²) in [5.74, 6) is 1.26. The number of aryl methyl sites for hydroxylation is 1. The molecular weight excluding hydrogens is 452 g/mol. The molecule has 5 rings (SSSR count). The Morgan fingerprint density at radius 1 is 1.14 bits per heavy atom. The second kappa shape index (κ2) is 10.2. The zero-order valence-corrected chi connectivity index (χ0v) is 22.2. The maximum Gasteiger partial charge on any atom is 0.278 e. The number of rotatable bonds is 6. The average molecular weight is 493 g/mol. The van der Waals surface area contributed by atoms with Crippen molar-refractivity contribution in [2.75, 3.05) is 42.6 Å². The van der Waals surface area contributed by atoms with Gasteiger partial charge >= 0.3 is 0 Å². The van der Waals surface area contributed by atoms with Gasteiger partial charge in [0.2, 0.25) is 5.95 Å². The van der Waals surface area contributed by atoms with Gasteiger partial charge < -0.3 is 14.5 Å². The van der Waals surface area contributed by atoms with E-state index in [2.05, 4.69) is 64.9 Å². The van der Waals surface area contributed by atoms with E-state index < -0.39 is 0 Å². The summed E-state index contributed by atoms with van der Waals surface area (Å²) in [7, 11) is 1.82. The lowest BCUT2D eigenvalue weighted by atomic mass is 9.89. The summed E-state index contributed by atoms with van der Waals surface area (Å²) in [4.78, 5) is 26.1. The van der Waals surface area contributed by atoms with E-state index in [-0.39, 0.29) is 11.0 Å². The molecule has 8 heteroatoms. The number of hydrogen-bond acceptors (Lipinski definition) is 6. The highest BCUT2D eigenvalue weighted by Crippen LogP contribution is 2.30. The first kappa shape index (κ1) is 24.8. The second-order valence-electron chi connectivity index (χ2n) is 11.5. The molecule has 36 heavy (non-hydrogen) atoms. The Hall–Kier alpha value is -2.87. The number of morpholine rings is 1. The molecule has 0 bridgehead atoms. The van der Waals surface area contributed by atoms with Crippen molar-refractivity contribution in [1.29, 1.82) is 0 Å². The molecule has 0 amide bonds. The Kier molecular flexibility index (Phi) is 7.06. The lowest BCUT2D eigenvalue weighted by molar-refractivity contribution is 0.122. The molecule has 0 radical (unpaired) electrons. The van der Waals surface area contributed by atoms with E-state index in [1.165, 1.54) is 43.4 Å². The van der Waals surface area contributed by atoms with Gasteiger partial charge in [0.1, 0.15) is 5.52 Å². The van der Waals surface area contributed by atoms with Gasteiger partial charge in [0.15, 0.2) is 5.52 Å². The molecule has 1 aliphatic heterocycles. The second-order valence-corrected chi connectivity index (χ2v) is 11.5. The van der Waals surface area contributed by atoms with Crippen LogP contribution in [0.3, 0.4) is 0 Å². The molecule has 1 aliphatic carbocycles. The van der Waals surface area contributed by atoms with Crippen molar-refractivity contribution in [2.24, 2.45) is 13.0 Å². The Balaban J connectivity index is 1.51. The van der Waals surface area contributed by atoms with Crippen LogP contribution in [0, 0.1) is 5.92 Å². The number of hydrogen-bond donors (Lipinski definition) is 1. The number of benzene rings is 1. The Morgan fingerprint density at radius 2 is 1.89 bits per heavy atom. The van der Waals surface area contributed by atoms with Crippen molar-refractivity contribution in [3.05, 3.63) is 45.9 Å². The van der Waals surface area contributed by atoms with Gasteiger partial charge in [-0.05, 0) is 36.5 Å². The molecule has 1 saturated heterocycles. The maximum absolute atomic E-state index is 13.3. The van der Waals surface area contributed by atoms with Crippen LogP contribution in [0.5, 0.6) is 0 Å². The number of aromatic amines is 1. The monoisotopic (exact) mass is 492 g/mol. The van der Waals surface area contributed by atoms with E-state index in [0.29, 0.717) is 29.4 Å². The lowest BCUT2D eigenvalue weighted by Gasteiger charge is -2.31. The van der Waals surface area contributed by atoms with Gasteiger partial charge in [0.05, 0.1) is 18.9 Å². The van der Waals surface area contributed by atoms with Crippen molar-refractivity contribution in [3.8, 4) is 0 Å². The van der Waals surface area contributed by atoms with Crippen molar-refractivity contribution in [1.82, 2.24) is 19.7 Å². The van der Waals surface area contributed by atoms with Gasteiger partial charge in [-0.2, -0.15) is 5.10 Å².